The predicted octanol–water partition coefficient (Wildman–Crippen LogP) is 4.11. The van der Waals surface area contributed by atoms with Crippen molar-refractivity contribution in [2.75, 3.05) is 19.1 Å². The summed E-state index contributed by atoms with van der Waals surface area (Å²) < 4.78 is 11.2. The number of nitrogens with zero attached hydrogens (tertiary/aromatic N) is 2. The summed E-state index contributed by atoms with van der Waals surface area (Å²) in [7, 11) is 3.21. The lowest BCUT2D eigenvalue weighted by atomic mass is 10.2. The molecule has 132 valence electrons. The second kappa shape index (κ2) is 7.20. The SMILES string of the molecule is COc1cccnc1N(C)C(=O)C1(OCc2cc(Cl)ccc2Cl)CC1. The molecule has 25 heavy (non-hydrogen) atoms. The molecule has 2 aromatic rings. The Labute approximate surface area is 156 Å². The van der Waals surface area contributed by atoms with Gasteiger partial charge in [-0.2, -0.15) is 0 Å². The predicted molar refractivity (Wildman–Crippen MR) is 97.4 cm³/mol. The lowest BCUT2D eigenvalue weighted by molar-refractivity contribution is -0.133. The number of hydrogen-bond donors (Lipinski definition) is 0. The Hall–Kier alpha value is -1.82. The van der Waals surface area contributed by atoms with Crippen LogP contribution in [-0.4, -0.2) is 30.6 Å². The Kier molecular flexibility index (Phi) is 5.18. The molecular weight excluding hydrogens is 363 g/mol. The van der Waals surface area contributed by atoms with E-state index in [1.54, 1.807) is 50.7 Å². The minimum absolute atomic E-state index is 0.150. The van der Waals surface area contributed by atoms with Gasteiger partial charge in [0.25, 0.3) is 5.91 Å². The molecule has 0 unspecified atom stereocenters. The maximum absolute atomic E-state index is 12.9. The first-order valence-electron chi connectivity index (χ1n) is 7.82. The maximum atomic E-state index is 12.9. The quantitative estimate of drug-likeness (QED) is 0.756. The molecule has 0 N–H and O–H groups in total. The molecule has 0 bridgehead atoms. The largest absolute Gasteiger partial charge is 0.493 e. The van der Waals surface area contributed by atoms with E-state index in [9.17, 15) is 4.79 Å². The fraction of sp³-hybridized carbons (Fsp3) is 0.333. The average molecular weight is 381 g/mol. The molecule has 1 aliphatic carbocycles. The van der Waals surface area contributed by atoms with E-state index in [4.69, 9.17) is 32.7 Å². The number of likely N-dealkylation sites (N-methyl/N-ethyl adjacent to an activating group) is 1. The normalized spacial score (nSPS) is 14.9. The van der Waals surface area contributed by atoms with Crippen LogP contribution in [0.2, 0.25) is 10.0 Å². The van der Waals surface area contributed by atoms with Gasteiger partial charge in [0, 0.05) is 23.3 Å². The Balaban J connectivity index is 1.74. The summed E-state index contributed by atoms with van der Waals surface area (Å²) in [6, 6.07) is 8.70. The zero-order chi connectivity index (χ0) is 18.0. The van der Waals surface area contributed by atoms with Gasteiger partial charge in [0.1, 0.15) is 5.60 Å². The van der Waals surface area contributed by atoms with E-state index in [1.165, 1.54) is 4.90 Å². The molecular formula is C18H18Cl2N2O3. The van der Waals surface area contributed by atoms with Gasteiger partial charge in [-0.25, -0.2) is 4.98 Å². The summed E-state index contributed by atoms with van der Waals surface area (Å²) in [6.07, 6.45) is 2.93. The molecule has 0 atom stereocenters. The summed E-state index contributed by atoms with van der Waals surface area (Å²) in [5.41, 5.74) is -0.0885. The highest BCUT2D eigenvalue weighted by molar-refractivity contribution is 6.33. The minimum Gasteiger partial charge on any atom is -0.493 e. The Morgan fingerprint density at radius 1 is 1.32 bits per heavy atom. The van der Waals surface area contributed by atoms with Crippen LogP contribution >= 0.6 is 23.2 Å². The molecule has 3 rings (SSSR count). The molecule has 1 aromatic carbocycles. The lowest BCUT2D eigenvalue weighted by Crippen LogP contribution is -2.40. The van der Waals surface area contributed by atoms with Crippen molar-refractivity contribution in [1.82, 2.24) is 4.98 Å². The van der Waals surface area contributed by atoms with Crippen LogP contribution in [0.5, 0.6) is 5.75 Å². The summed E-state index contributed by atoms with van der Waals surface area (Å²) >= 11 is 12.2. The van der Waals surface area contributed by atoms with Gasteiger partial charge in [-0.1, -0.05) is 23.2 Å². The first-order valence-corrected chi connectivity index (χ1v) is 8.57. The molecule has 1 amide bonds. The Bertz CT molecular complexity index is 794. The van der Waals surface area contributed by atoms with Crippen molar-refractivity contribution in [3.05, 3.63) is 52.1 Å². The number of halogens is 2. The third kappa shape index (κ3) is 3.73. The highest BCUT2D eigenvalue weighted by Gasteiger charge is 2.53. The van der Waals surface area contributed by atoms with Crippen LogP contribution in [0.3, 0.4) is 0 Å². The van der Waals surface area contributed by atoms with Crippen LogP contribution < -0.4 is 9.64 Å². The van der Waals surface area contributed by atoms with Crippen molar-refractivity contribution in [1.29, 1.82) is 0 Å². The van der Waals surface area contributed by atoms with E-state index < -0.39 is 5.60 Å². The third-order valence-corrected chi connectivity index (χ3v) is 4.80. The molecule has 7 heteroatoms. The number of aromatic nitrogens is 1. The van der Waals surface area contributed by atoms with Crippen LogP contribution in [0.1, 0.15) is 18.4 Å². The third-order valence-electron chi connectivity index (χ3n) is 4.20. The fourth-order valence-electron chi connectivity index (χ4n) is 2.60. The first-order chi connectivity index (χ1) is 12.0. The summed E-state index contributed by atoms with van der Waals surface area (Å²) in [5, 5.41) is 1.14. The number of amides is 1. The number of carbonyl (C=O) groups excluding carboxylic acids is 1. The van der Waals surface area contributed by atoms with Gasteiger partial charge in [0.15, 0.2) is 11.6 Å². The molecule has 0 radical (unpaired) electrons. The number of hydrogen-bond acceptors (Lipinski definition) is 4. The van der Waals surface area contributed by atoms with Crippen molar-refractivity contribution >= 4 is 34.9 Å². The molecule has 0 saturated heterocycles. The number of anilines is 1. The van der Waals surface area contributed by atoms with E-state index in [0.717, 1.165) is 5.56 Å². The summed E-state index contributed by atoms with van der Waals surface area (Å²) in [4.78, 5) is 18.6. The summed E-state index contributed by atoms with van der Waals surface area (Å²) in [5.74, 6) is 0.848. The average Bonchev–Trinajstić information content (AvgIpc) is 3.42. The highest BCUT2D eigenvalue weighted by atomic mass is 35.5. The molecule has 0 aliphatic heterocycles. The number of benzene rings is 1. The highest BCUT2D eigenvalue weighted by Crippen LogP contribution is 2.43. The van der Waals surface area contributed by atoms with Crippen LogP contribution in [-0.2, 0) is 16.1 Å². The Morgan fingerprint density at radius 3 is 2.76 bits per heavy atom. The van der Waals surface area contributed by atoms with Crippen molar-refractivity contribution in [3.63, 3.8) is 0 Å². The second-order valence-corrected chi connectivity index (χ2v) is 6.76. The van der Waals surface area contributed by atoms with E-state index in [2.05, 4.69) is 4.98 Å². The second-order valence-electron chi connectivity index (χ2n) is 5.91. The zero-order valence-corrected chi connectivity index (χ0v) is 15.5. The number of carbonyl (C=O) groups is 1. The molecule has 5 nitrogen and oxygen atoms in total. The van der Waals surface area contributed by atoms with Gasteiger partial charge < -0.3 is 9.47 Å². The van der Waals surface area contributed by atoms with Crippen LogP contribution in [0.15, 0.2) is 36.5 Å². The van der Waals surface area contributed by atoms with Gasteiger partial charge in [0.05, 0.1) is 13.7 Å². The van der Waals surface area contributed by atoms with E-state index in [1.807, 2.05) is 0 Å². The zero-order valence-electron chi connectivity index (χ0n) is 14.0. The van der Waals surface area contributed by atoms with Crippen LogP contribution in [0.25, 0.3) is 0 Å². The standard InChI is InChI=1S/C18H18Cl2N2O3/c1-22(16-15(24-2)4-3-9-21-16)17(23)18(7-8-18)25-11-12-10-13(19)5-6-14(12)20/h3-6,9-10H,7-8,11H2,1-2H3. The van der Waals surface area contributed by atoms with E-state index >= 15 is 0 Å². The first kappa shape index (κ1) is 18.0. The van der Waals surface area contributed by atoms with E-state index in [-0.39, 0.29) is 12.5 Å². The molecule has 0 spiro atoms. The number of pyridine rings is 1. The Morgan fingerprint density at radius 2 is 2.08 bits per heavy atom. The number of ether oxygens (including phenoxy) is 2. The van der Waals surface area contributed by atoms with Crippen molar-refractivity contribution in [2.24, 2.45) is 0 Å². The van der Waals surface area contributed by atoms with Gasteiger partial charge in [-0.05, 0) is 48.7 Å². The molecule has 1 saturated carbocycles. The fourth-order valence-corrected chi connectivity index (χ4v) is 2.97. The maximum Gasteiger partial charge on any atom is 0.260 e. The van der Waals surface area contributed by atoms with Gasteiger partial charge in [0.2, 0.25) is 0 Å². The monoisotopic (exact) mass is 380 g/mol. The number of rotatable bonds is 6. The molecule has 1 aliphatic rings. The van der Waals surface area contributed by atoms with E-state index in [0.29, 0.717) is 34.5 Å². The number of methoxy groups -OCH3 is 1. The minimum atomic E-state index is -0.844. The molecule has 1 heterocycles. The van der Waals surface area contributed by atoms with Crippen molar-refractivity contribution < 1.29 is 14.3 Å². The van der Waals surface area contributed by atoms with Crippen LogP contribution in [0, 0.1) is 0 Å². The summed E-state index contributed by atoms with van der Waals surface area (Å²) in [6.45, 7) is 0.221. The van der Waals surface area contributed by atoms with Crippen molar-refractivity contribution in [2.45, 2.75) is 25.0 Å². The van der Waals surface area contributed by atoms with Gasteiger partial charge in [-0.3, -0.25) is 9.69 Å². The van der Waals surface area contributed by atoms with Gasteiger partial charge >= 0.3 is 0 Å². The van der Waals surface area contributed by atoms with Crippen molar-refractivity contribution in [3.8, 4) is 5.75 Å². The van der Waals surface area contributed by atoms with Gasteiger partial charge in [-0.15, -0.1) is 0 Å². The smallest absolute Gasteiger partial charge is 0.260 e. The molecule has 1 fully saturated rings. The lowest BCUT2D eigenvalue weighted by Gasteiger charge is -2.24. The van der Waals surface area contributed by atoms with Crippen LogP contribution in [0.4, 0.5) is 5.82 Å². The molecule has 1 aromatic heterocycles. The topological polar surface area (TPSA) is 51.7 Å².